The van der Waals surface area contributed by atoms with Crippen molar-refractivity contribution in [2.24, 2.45) is 0 Å². The van der Waals surface area contributed by atoms with Gasteiger partial charge in [0.2, 0.25) is 0 Å². The van der Waals surface area contributed by atoms with Crippen LogP contribution in [-0.4, -0.2) is 37.1 Å². The second-order valence-corrected chi connectivity index (χ2v) is 3.64. The molecule has 0 atom stereocenters. The summed E-state index contributed by atoms with van der Waals surface area (Å²) in [5.41, 5.74) is 0.500. The number of nitrogens with zero attached hydrogens (tertiary/aromatic N) is 1. The molecule has 0 amide bonds. The first-order chi connectivity index (χ1) is 7.22. The van der Waals surface area contributed by atoms with E-state index in [-0.39, 0.29) is 0 Å². The van der Waals surface area contributed by atoms with Crippen LogP contribution < -0.4 is 5.32 Å². The quantitative estimate of drug-likeness (QED) is 0.759. The Kier molecular flexibility index (Phi) is 12.1. The summed E-state index contributed by atoms with van der Waals surface area (Å²) in [4.78, 5) is 2.38. The molecular weight excluding hydrogens is 184 g/mol. The number of hydrogen-bond donors (Lipinski definition) is 1. The fraction of sp³-hybridized carbons (Fsp3) is 1.00. The lowest BCUT2D eigenvalue weighted by molar-refractivity contribution is 0.292. The fourth-order valence-corrected chi connectivity index (χ4v) is 1.55. The van der Waals surface area contributed by atoms with Crippen molar-refractivity contribution < 1.29 is 0 Å². The number of hydrogen-bond acceptors (Lipinski definition) is 2. The molecule has 0 heterocycles. The lowest BCUT2D eigenvalue weighted by Gasteiger charge is -2.22. The molecular formula is C13H32N2. The molecule has 1 aliphatic rings. The van der Waals surface area contributed by atoms with Crippen LogP contribution in [0.2, 0.25) is 0 Å². The highest BCUT2D eigenvalue weighted by molar-refractivity contribution is 5.03. The molecule has 0 saturated heterocycles. The minimum absolute atomic E-state index is 0.500. The van der Waals surface area contributed by atoms with E-state index in [4.69, 9.17) is 0 Å². The van der Waals surface area contributed by atoms with Crippen LogP contribution in [0.1, 0.15) is 54.4 Å². The van der Waals surface area contributed by atoms with E-state index in [1.165, 1.54) is 19.4 Å². The van der Waals surface area contributed by atoms with Crippen molar-refractivity contribution >= 4 is 0 Å². The van der Waals surface area contributed by atoms with Crippen molar-refractivity contribution in [3.63, 3.8) is 0 Å². The lowest BCUT2D eigenvalue weighted by Crippen LogP contribution is -2.41. The Morgan fingerprint density at radius 1 is 1.07 bits per heavy atom. The lowest BCUT2D eigenvalue weighted by atomic mass is 10.2. The van der Waals surface area contributed by atoms with E-state index in [9.17, 15) is 0 Å². The van der Waals surface area contributed by atoms with Crippen LogP contribution in [0.3, 0.4) is 0 Å². The maximum absolute atomic E-state index is 3.56. The van der Waals surface area contributed by atoms with Gasteiger partial charge in [0.15, 0.2) is 0 Å². The van der Waals surface area contributed by atoms with Crippen LogP contribution in [0.5, 0.6) is 0 Å². The van der Waals surface area contributed by atoms with Gasteiger partial charge < -0.3 is 10.2 Å². The van der Waals surface area contributed by atoms with Crippen molar-refractivity contribution in [1.29, 1.82) is 0 Å². The minimum Gasteiger partial charge on any atom is -0.310 e. The first-order valence-corrected chi connectivity index (χ1v) is 6.66. The molecule has 0 aromatic carbocycles. The molecule has 1 rings (SSSR count). The van der Waals surface area contributed by atoms with Gasteiger partial charge in [-0.3, -0.25) is 0 Å². The van der Waals surface area contributed by atoms with E-state index in [0.29, 0.717) is 5.54 Å². The summed E-state index contributed by atoms with van der Waals surface area (Å²) >= 11 is 0. The summed E-state index contributed by atoms with van der Waals surface area (Å²) in [6.07, 6.45) is 2.73. The van der Waals surface area contributed by atoms with Crippen molar-refractivity contribution in [2.45, 2.75) is 59.9 Å². The molecule has 0 radical (unpaired) electrons. The first kappa shape index (κ1) is 17.3. The standard InChI is InChI=1S/C9H20N2.2C2H6/c1-4-10-9(6-7-9)8-11(3)5-2;2*1-2/h10H,4-8H2,1-3H3;2*1-2H3. The Hall–Kier alpha value is -0.0800. The molecule has 1 fully saturated rings. The van der Waals surface area contributed by atoms with E-state index in [0.717, 1.165) is 13.1 Å². The van der Waals surface area contributed by atoms with Crippen molar-refractivity contribution in [2.75, 3.05) is 26.7 Å². The molecule has 1 N–H and O–H groups in total. The normalized spacial score (nSPS) is 16.0. The molecule has 1 saturated carbocycles. The van der Waals surface area contributed by atoms with Gasteiger partial charge in [-0.05, 0) is 33.0 Å². The third-order valence-electron chi connectivity index (χ3n) is 2.52. The van der Waals surface area contributed by atoms with Crippen molar-refractivity contribution in [1.82, 2.24) is 10.2 Å². The number of likely N-dealkylation sites (N-methyl/N-ethyl adjacent to an activating group) is 2. The van der Waals surface area contributed by atoms with Crippen LogP contribution in [0.4, 0.5) is 0 Å². The van der Waals surface area contributed by atoms with E-state index in [1.807, 2.05) is 27.7 Å². The van der Waals surface area contributed by atoms with Crippen molar-refractivity contribution in [3.8, 4) is 0 Å². The Balaban J connectivity index is 0. The van der Waals surface area contributed by atoms with Gasteiger partial charge in [-0.25, -0.2) is 0 Å². The number of nitrogens with one attached hydrogen (secondary N) is 1. The summed E-state index contributed by atoms with van der Waals surface area (Å²) in [6, 6.07) is 0. The van der Waals surface area contributed by atoms with Gasteiger partial charge in [-0.2, -0.15) is 0 Å². The molecule has 94 valence electrons. The van der Waals surface area contributed by atoms with Crippen LogP contribution in [0, 0.1) is 0 Å². The van der Waals surface area contributed by atoms with Crippen molar-refractivity contribution in [3.05, 3.63) is 0 Å². The molecule has 0 aliphatic heterocycles. The first-order valence-electron chi connectivity index (χ1n) is 6.66. The van der Waals surface area contributed by atoms with Gasteiger partial charge in [-0.1, -0.05) is 41.5 Å². The Bertz CT molecular complexity index is 120. The van der Waals surface area contributed by atoms with Crippen LogP contribution in [-0.2, 0) is 0 Å². The molecule has 15 heavy (non-hydrogen) atoms. The van der Waals surface area contributed by atoms with E-state index in [1.54, 1.807) is 0 Å². The zero-order valence-electron chi connectivity index (χ0n) is 12.0. The smallest absolute Gasteiger partial charge is 0.0309 e. The maximum atomic E-state index is 3.56. The largest absolute Gasteiger partial charge is 0.310 e. The van der Waals surface area contributed by atoms with Crippen LogP contribution in [0.15, 0.2) is 0 Å². The van der Waals surface area contributed by atoms with Gasteiger partial charge >= 0.3 is 0 Å². The fourth-order valence-electron chi connectivity index (χ4n) is 1.55. The third kappa shape index (κ3) is 7.80. The van der Waals surface area contributed by atoms with Gasteiger partial charge in [0.05, 0.1) is 0 Å². The summed E-state index contributed by atoms with van der Waals surface area (Å²) in [6.45, 7) is 15.9. The third-order valence-corrected chi connectivity index (χ3v) is 2.52. The molecule has 0 unspecified atom stereocenters. The highest BCUT2D eigenvalue weighted by Crippen LogP contribution is 2.35. The van der Waals surface area contributed by atoms with Gasteiger partial charge in [0, 0.05) is 12.1 Å². The zero-order chi connectivity index (χ0) is 12.3. The van der Waals surface area contributed by atoms with Crippen LogP contribution in [0.25, 0.3) is 0 Å². The molecule has 0 aromatic heterocycles. The average Bonchev–Trinajstić information content (AvgIpc) is 3.04. The monoisotopic (exact) mass is 216 g/mol. The van der Waals surface area contributed by atoms with E-state index < -0.39 is 0 Å². The number of rotatable bonds is 5. The second kappa shape index (κ2) is 10.4. The highest BCUT2D eigenvalue weighted by Gasteiger charge is 2.41. The zero-order valence-corrected chi connectivity index (χ0v) is 12.0. The molecule has 1 aliphatic carbocycles. The molecule has 0 aromatic rings. The van der Waals surface area contributed by atoms with Gasteiger partial charge in [0.25, 0.3) is 0 Å². The van der Waals surface area contributed by atoms with Gasteiger partial charge in [0.1, 0.15) is 0 Å². The summed E-state index contributed by atoms with van der Waals surface area (Å²) in [5.74, 6) is 0. The second-order valence-electron chi connectivity index (χ2n) is 3.64. The molecule has 0 spiro atoms. The van der Waals surface area contributed by atoms with E-state index in [2.05, 4.69) is 31.1 Å². The summed E-state index contributed by atoms with van der Waals surface area (Å²) in [5, 5.41) is 3.56. The SMILES string of the molecule is CC.CC.CCNC1(CN(C)CC)CC1. The minimum atomic E-state index is 0.500. The molecule has 0 bridgehead atoms. The topological polar surface area (TPSA) is 15.3 Å². The Morgan fingerprint density at radius 2 is 1.53 bits per heavy atom. The predicted molar refractivity (Wildman–Crippen MR) is 71.5 cm³/mol. The highest BCUT2D eigenvalue weighted by atomic mass is 15.2. The Labute approximate surface area is 97.4 Å². The predicted octanol–water partition coefficient (Wildman–Crippen LogP) is 3.13. The summed E-state index contributed by atoms with van der Waals surface area (Å²) in [7, 11) is 2.19. The summed E-state index contributed by atoms with van der Waals surface area (Å²) < 4.78 is 0. The molecule has 2 heteroatoms. The van der Waals surface area contributed by atoms with E-state index >= 15 is 0 Å². The molecule has 2 nitrogen and oxygen atoms in total. The van der Waals surface area contributed by atoms with Crippen LogP contribution >= 0.6 is 0 Å². The maximum Gasteiger partial charge on any atom is 0.0309 e. The average molecular weight is 216 g/mol. The Morgan fingerprint density at radius 3 is 1.80 bits per heavy atom. The van der Waals surface area contributed by atoms with Gasteiger partial charge in [-0.15, -0.1) is 0 Å².